The lowest BCUT2D eigenvalue weighted by atomic mass is 9.95. The Morgan fingerprint density at radius 1 is 0.750 bits per heavy atom. The second-order valence-corrected chi connectivity index (χ2v) is 9.14. The van der Waals surface area contributed by atoms with Crippen molar-refractivity contribution in [1.82, 2.24) is 9.55 Å². The molecule has 2 nitrogen and oxygen atoms in total. The van der Waals surface area contributed by atoms with Crippen molar-refractivity contribution in [2.24, 2.45) is 0 Å². The van der Waals surface area contributed by atoms with E-state index in [1.165, 1.54) is 37.9 Å². The predicted molar refractivity (Wildman–Crippen MR) is 137 cm³/mol. The predicted octanol–water partition coefficient (Wildman–Crippen LogP) is 8.19. The third kappa shape index (κ3) is 2.97. The van der Waals surface area contributed by atoms with Crippen molar-refractivity contribution in [3.8, 4) is 28.2 Å². The van der Waals surface area contributed by atoms with Crippen molar-refractivity contribution >= 4 is 32.5 Å². The van der Waals surface area contributed by atoms with Crippen LogP contribution < -0.4 is 0 Å². The Kier molecular flexibility index (Phi) is 4.44. The summed E-state index contributed by atoms with van der Waals surface area (Å²) in [5.74, 6) is 0.995. The first-order chi connectivity index (χ1) is 15.7. The Hall–Kier alpha value is -3.69. The number of nitrogens with zero attached hydrogens (tertiary/aromatic N) is 2. The van der Waals surface area contributed by atoms with E-state index in [9.17, 15) is 0 Å². The standard InChI is InChI=1S/C29H22N2S/c1-19-16-22(17-20(2)28(19)21-10-4-3-5-11-21)31-26-14-8-7-13-25(26)30-29(31)24-18-32-27-15-9-6-12-23(24)27/h3-18H,1-2H3. The molecule has 6 rings (SSSR count). The van der Waals surface area contributed by atoms with E-state index in [0.29, 0.717) is 0 Å². The lowest BCUT2D eigenvalue weighted by Gasteiger charge is -2.16. The van der Waals surface area contributed by atoms with Crippen molar-refractivity contribution in [3.05, 3.63) is 108 Å². The summed E-state index contributed by atoms with van der Waals surface area (Å²) in [6.45, 7) is 4.41. The fourth-order valence-electron chi connectivity index (χ4n) is 4.75. The van der Waals surface area contributed by atoms with Crippen molar-refractivity contribution in [3.63, 3.8) is 0 Å². The van der Waals surface area contributed by atoms with Crippen LogP contribution in [0.5, 0.6) is 0 Å². The van der Waals surface area contributed by atoms with Crippen LogP contribution in [0.2, 0.25) is 0 Å². The van der Waals surface area contributed by atoms with Gasteiger partial charge in [0.15, 0.2) is 0 Å². The summed E-state index contributed by atoms with van der Waals surface area (Å²) in [4.78, 5) is 5.09. The Balaban J connectivity index is 1.63. The van der Waals surface area contributed by atoms with Crippen LogP contribution in [0.15, 0.2) is 96.4 Å². The molecule has 0 saturated carbocycles. The highest BCUT2D eigenvalue weighted by molar-refractivity contribution is 7.17. The van der Waals surface area contributed by atoms with Gasteiger partial charge in [-0.25, -0.2) is 4.98 Å². The zero-order chi connectivity index (χ0) is 21.7. The Bertz CT molecular complexity index is 1570. The minimum Gasteiger partial charge on any atom is -0.292 e. The van der Waals surface area contributed by atoms with Crippen LogP contribution in [0, 0.1) is 13.8 Å². The number of hydrogen-bond acceptors (Lipinski definition) is 2. The van der Waals surface area contributed by atoms with Gasteiger partial charge in [0, 0.05) is 26.7 Å². The summed E-state index contributed by atoms with van der Waals surface area (Å²) in [5.41, 5.74) is 9.58. The summed E-state index contributed by atoms with van der Waals surface area (Å²) >= 11 is 1.78. The highest BCUT2D eigenvalue weighted by Gasteiger charge is 2.18. The van der Waals surface area contributed by atoms with Crippen LogP contribution in [0.4, 0.5) is 0 Å². The molecule has 0 saturated heterocycles. The maximum atomic E-state index is 5.09. The minimum atomic E-state index is 0.995. The van der Waals surface area contributed by atoms with Gasteiger partial charge in [-0.2, -0.15) is 0 Å². The van der Waals surface area contributed by atoms with Gasteiger partial charge in [0.2, 0.25) is 0 Å². The molecule has 6 aromatic rings. The zero-order valence-corrected chi connectivity index (χ0v) is 18.9. The van der Waals surface area contributed by atoms with Gasteiger partial charge < -0.3 is 0 Å². The van der Waals surface area contributed by atoms with Crippen LogP contribution in [0.3, 0.4) is 0 Å². The monoisotopic (exact) mass is 430 g/mol. The van der Waals surface area contributed by atoms with Crippen LogP contribution in [-0.2, 0) is 0 Å². The van der Waals surface area contributed by atoms with E-state index in [0.717, 1.165) is 22.5 Å². The number of fused-ring (bicyclic) bond motifs is 2. The van der Waals surface area contributed by atoms with E-state index in [1.54, 1.807) is 11.3 Å². The van der Waals surface area contributed by atoms with Crippen LogP contribution in [-0.4, -0.2) is 9.55 Å². The molecule has 0 unspecified atom stereocenters. The second-order valence-electron chi connectivity index (χ2n) is 8.23. The molecule has 32 heavy (non-hydrogen) atoms. The lowest BCUT2D eigenvalue weighted by molar-refractivity contribution is 1.10. The van der Waals surface area contributed by atoms with Crippen LogP contribution in [0.25, 0.3) is 49.3 Å². The first-order valence-corrected chi connectivity index (χ1v) is 11.7. The smallest absolute Gasteiger partial charge is 0.147 e. The van der Waals surface area contributed by atoms with Crippen molar-refractivity contribution < 1.29 is 0 Å². The number of hydrogen-bond donors (Lipinski definition) is 0. The van der Waals surface area contributed by atoms with Crippen molar-refractivity contribution in [2.75, 3.05) is 0 Å². The fourth-order valence-corrected chi connectivity index (χ4v) is 5.69. The van der Waals surface area contributed by atoms with Gasteiger partial charge in [0.25, 0.3) is 0 Å². The molecule has 0 aliphatic rings. The molecule has 154 valence electrons. The first-order valence-electron chi connectivity index (χ1n) is 10.8. The summed E-state index contributed by atoms with van der Waals surface area (Å²) < 4.78 is 3.60. The van der Waals surface area contributed by atoms with E-state index in [1.807, 2.05) is 0 Å². The topological polar surface area (TPSA) is 17.8 Å². The molecule has 0 aliphatic carbocycles. The number of thiophene rings is 1. The van der Waals surface area contributed by atoms with Gasteiger partial charge in [0.05, 0.1) is 11.0 Å². The molecule has 0 spiro atoms. The largest absolute Gasteiger partial charge is 0.292 e. The van der Waals surface area contributed by atoms with E-state index < -0.39 is 0 Å². The molecule has 4 aromatic carbocycles. The molecule has 0 aliphatic heterocycles. The number of para-hydroxylation sites is 2. The number of aromatic nitrogens is 2. The van der Waals surface area contributed by atoms with Crippen molar-refractivity contribution in [2.45, 2.75) is 13.8 Å². The molecule has 2 heterocycles. The molecule has 0 fully saturated rings. The summed E-state index contributed by atoms with van der Waals surface area (Å²) in [6.07, 6.45) is 0. The van der Waals surface area contributed by atoms with Crippen LogP contribution >= 0.6 is 11.3 Å². The van der Waals surface area contributed by atoms with Gasteiger partial charge in [-0.3, -0.25) is 4.57 Å². The molecular weight excluding hydrogens is 408 g/mol. The molecule has 0 radical (unpaired) electrons. The molecule has 0 amide bonds. The van der Waals surface area contributed by atoms with E-state index >= 15 is 0 Å². The first kappa shape index (κ1) is 19.0. The Labute approximate surface area is 191 Å². The minimum absolute atomic E-state index is 0.995. The Morgan fingerprint density at radius 2 is 1.44 bits per heavy atom. The maximum absolute atomic E-state index is 5.09. The van der Waals surface area contributed by atoms with E-state index in [4.69, 9.17) is 4.98 Å². The molecule has 0 atom stereocenters. The normalized spacial score (nSPS) is 11.4. The van der Waals surface area contributed by atoms with Gasteiger partial charge in [-0.05, 0) is 66.4 Å². The third-order valence-electron chi connectivity index (χ3n) is 6.12. The maximum Gasteiger partial charge on any atom is 0.147 e. The van der Waals surface area contributed by atoms with Crippen molar-refractivity contribution in [1.29, 1.82) is 0 Å². The van der Waals surface area contributed by atoms with Crippen LogP contribution in [0.1, 0.15) is 11.1 Å². The molecule has 0 N–H and O–H groups in total. The molecule has 3 heteroatoms. The number of aryl methyl sites for hydroxylation is 2. The SMILES string of the molecule is Cc1cc(-n2c(-c3csc4ccccc34)nc3ccccc32)cc(C)c1-c1ccccc1. The second kappa shape index (κ2) is 7.47. The summed E-state index contributed by atoms with van der Waals surface area (Å²) in [6, 6.07) is 32.2. The Morgan fingerprint density at radius 3 is 2.25 bits per heavy atom. The molecular formula is C29H22N2S. The third-order valence-corrected chi connectivity index (χ3v) is 7.08. The average molecular weight is 431 g/mol. The summed E-state index contributed by atoms with van der Waals surface area (Å²) in [5, 5.41) is 3.49. The molecule has 0 bridgehead atoms. The average Bonchev–Trinajstić information content (AvgIpc) is 3.40. The highest BCUT2D eigenvalue weighted by Crippen LogP contribution is 2.38. The number of benzene rings is 4. The number of rotatable bonds is 3. The zero-order valence-electron chi connectivity index (χ0n) is 18.0. The van der Waals surface area contributed by atoms with E-state index in [2.05, 4.69) is 115 Å². The fraction of sp³-hybridized carbons (Fsp3) is 0.0690. The quantitative estimate of drug-likeness (QED) is 0.277. The lowest BCUT2D eigenvalue weighted by Crippen LogP contribution is -2.00. The van der Waals surface area contributed by atoms with E-state index in [-0.39, 0.29) is 0 Å². The van der Waals surface area contributed by atoms with Gasteiger partial charge in [-0.15, -0.1) is 11.3 Å². The van der Waals surface area contributed by atoms with Gasteiger partial charge in [0.1, 0.15) is 5.82 Å². The number of imidazole rings is 1. The van der Waals surface area contributed by atoms with Gasteiger partial charge >= 0.3 is 0 Å². The van der Waals surface area contributed by atoms with Gasteiger partial charge in [-0.1, -0.05) is 60.7 Å². The highest BCUT2D eigenvalue weighted by atomic mass is 32.1. The summed E-state index contributed by atoms with van der Waals surface area (Å²) in [7, 11) is 0. The molecule has 2 aromatic heterocycles.